The van der Waals surface area contributed by atoms with Crippen LogP contribution in [-0.4, -0.2) is 54.0 Å². The number of thiocarbonyl (C=S) groups is 1. The summed E-state index contributed by atoms with van der Waals surface area (Å²) in [7, 11) is 1.82. The number of likely N-dealkylation sites (N-methyl/N-ethyl adjacent to an activating group) is 1. The van der Waals surface area contributed by atoms with Crippen LogP contribution >= 0.6 is 12.2 Å². The minimum atomic E-state index is 0.134. The second kappa shape index (κ2) is 5.30. The number of nitrogens with zero attached hydrogens (tertiary/aromatic N) is 2. The minimum absolute atomic E-state index is 0.134. The highest BCUT2D eigenvalue weighted by atomic mass is 32.1. The standard InChI is InChI=1S/C10H19N3OS/c1-8(2)6-11-10(15)13-5-4-12(3)9(14)7-13/h8H,4-7H2,1-3H3,(H,11,15). The highest BCUT2D eigenvalue weighted by Gasteiger charge is 2.22. The molecule has 0 spiro atoms. The average Bonchev–Trinajstić information content (AvgIpc) is 2.18. The highest BCUT2D eigenvalue weighted by Crippen LogP contribution is 2.01. The first-order valence-electron chi connectivity index (χ1n) is 5.27. The lowest BCUT2D eigenvalue weighted by Gasteiger charge is -2.33. The van der Waals surface area contributed by atoms with Crippen LogP contribution in [0, 0.1) is 5.92 Å². The van der Waals surface area contributed by atoms with Crippen LogP contribution in [0.15, 0.2) is 0 Å². The zero-order valence-corrected chi connectivity index (χ0v) is 10.4. The molecule has 1 aliphatic heterocycles. The Bertz CT molecular complexity index is 255. The minimum Gasteiger partial charge on any atom is -0.362 e. The van der Waals surface area contributed by atoms with Crippen LogP contribution in [-0.2, 0) is 4.79 Å². The fourth-order valence-electron chi connectivity index (χ4n) is 1.34. The van der Waals surface area contributed by atoms with E-state index in [2.05, 4.69) is 19.2 Å². The van der Waals surface area contributed by atoms with Gasteiger partial charge in [-0.15, -0.1) is 0 Å². The molecule has 0 aromatic rings. The quantitative estimate of drug-likeness (QED) is 0.691. The van der Waals surface area contributed by atoms with Gasteiger partial charge in [0.1, 0.15) is 0 Å². The Balaban J connectivity index is 2.37. The molecule has 0 bridgehead atoms. The Morgan fingerprint density at radius 3 is 2.73 bits per heavy atom. The van der Waals surface area contributed by atoms with Crippen LogP contribution in [0.25, 0.3) is 0 Å². The van der Waals surface area contributed by atoms with Crippen LogP contribution in [0.5, 0.6) is 0 Å². The lowest BCUT2D eigenvalue weighted by atomic mass is 10.2. The third-order valence-electron chi connectivity index (χ3n) is 2.41. The average molecular weight is 229 g/mol. The summed E-state index contributed by atoms with van der Waals surface area (Å²) in [5, 5.41) is 3.87. The van der Waals surface area contributed by atoms with Gasteiger partial charge in [0.2, 0.25) is 5.91 Å². The van der Waals surface area contributed by atoms with Gasteiger partial charge in [-0.1, -0.05) is 13.8 Å². The van der Waals surface area contributed by atoms with Gasteiger partial charge >= 0.3 is 0 Å². The molecule has 0 aliphatic carbocycles. The SMILES string of the molecule is CC(C)CNC(=S)N1CCN(C)C(=O)C1. The number of hydrogen-bond donors (Lipinski definition) is 1. The van der Waals surface area contributed by atoms with E-state index >= 15 is 0 Å². The Morgan fingerprint density at radius 2 is 2.20 bits per heavy atom. The molecule has 1 saturated heterocycles. The molecule has 0 unspecified atom stereocenters. The van der Waals surface area contributed by atoms with Gasteiger partial charge in [-0.05, 0) is 18.1 Å². The van der Waals surface area contributed by atoms with Crippen molar-refractivity contribution in [3.05, 3.63) is 0 Å². The smallest absolute Gasteiger partial charge is 0.241 e. The summed E-state index contributed by atoms with van der Waals surface area (Å²) in [6, 6.07) is 0. The molecule has 86 valence electrons. The van der Waals surface area contributed by atoms with E-state index in [-0.39, 0.29) is 5.91 Å². The first kappa shape index (κ1) is 12.2. The predicted octanol–water partition coefficient (Wildman–Crippen LogP) is 0.291. The zero-order valence-electron chi connectivity index (χ0n) is 9.62. The molecule has 1 aliphatic rings. The number of amides is 1. The van der Waals surface area contributed by atoms with Crippen LogP contribution in [0.4, 0.5) is 0 Å². The summed E-state index contributed by atoms with van der Waals surface area (Å²) in [5.41, 5.74) is 0. The van der Waals surface area contributed by atoms with Gasteiger partial charge in [0.15, 0.2) is 5.11 Å². The molecule has 1 amide bonds. The maximum atomic E-state index is 11.4. The van der Waals surface area contributed by atoms with Gasteiger partial charge in [-0.25, -0.2) is 0 Å². The van der Waals surface area contributed by atoms with Gasteiger partial charge in [0.05, 0.1) is 6.54 Å². The maximum absolute atomic E-state index is 11.4. The zero-order chi connectivity index (χ0) is 11.4. The van der Waals surface area contributed by atoms with Crippen LogP contribution < -0.4 is 5.32 Å². The summed E-state index contributed by atoms with van der Waals surface area (Å²) < 4.78 is 0. The normalized spacial score (nSPS) is 17.2. The van der Waals surface area contributed by atoms with Gasteiger partial charge < -0.3 is 15.1 Å². The summed E-state index contributed by atoms with van der Waals surface area (Å²) in [5.74, 6) is 0.695. The van der Waals surface area contributed by atoms with Crippen molar-refractivity contribution in [3.63, 3.8) is 0 Å². The Labute approximate surface area is 96.6 Å². The molecule has 1 fully saturated rings. The molecule has 4 nitrogen and oxygen atoms in total. The van der Waals surface area contributed by atoms with Gasteiger partial charge in [0, 0.05) is 26.7 Å². The van der Waals surface area contributed by atoms with E-state index in [1.807, 2.05) is 11.9 Å². The maximum Gasteiger partial charge on any atom is 0.241 e. The molecule has 1 N–H and O–H groups in total. The fourth-order valence-corrected chi connectivity index (χ4v) is 1.57. The molecule has 0 aromatic heterocycles. The topological polar surface area (TPSA) is 35.6 Å². The van der Waals surface area contributed by atoms with Crippen LogP contribution in [0.2, 0.25) is 0 Å². The monoisotopic (exact) mass is 229 g/mol. The van der Waals surface area contributed by atoms with E-state index in [0.717, 1.165) is 19.6 Å². The number of hydrogen-bond acceptors (Lipinski definition) is 2. The first-order chi connectivity index (χ1) is 7.00. The fraction of sp³-hybridized carbons (Fsp3) is 0.800. The van der Waals surface area contributed by atoms with E-state index in [0.29, 0.717) is 17.6 Å². The highest BCUT2D eigenvalue weighted by molar-refractivity contribution is 7.80. The van der Waals surface area contributed by atoms with Gasteiger partial charge in [-0.2, -0.15) is 0 Å². The molecule has 0 radical (unpaired) electrons. The molecule has 0 atom stereocenters. The molecule has 1 rings (SSSR count). The number of carbonyl (C=O) groups is 1. The van der Waals surface area contributed by atoms with Crippen molar-refractivity contribution in [2.24, 2.45) is 5.92 Å². The largest absolute Gasteiger partial charge is 0.362 e. The second-order valence-corrected chi connectivity index (χ2v) is 4.70. The van der Waals surface area contributed by atoms with Crippen molar-refractivity contribution >= 4 is 23.2 Å². The molecule has 0 saturated carbocycles. The third kappa shape index (κ3) is 3.66. The predicted molar refractivity (Wildman–Crippen MR) is 64.6 cm³/mol. The molecular formula is C10H19N3OS. The number of rotatable bonds is 2. The van der Waals surface area contributed by atoms with Crippen LogP contribution in [0.1, 0.15) is 13.8 Å². The summed E-state index contributed by atoms with van der Waals surface area (Å²) in [6.07, 6.45) is 0. The molecular weight excluding hydrogens is 210 g/mol. The molecule has 15 heavy (non-hydrogen) atoms. The number of nitrogens with one attached hydrogen (secondary N) is 1. The first-order valence-corrected chi connectivity index (χ1v) is 5.68. The Hall–Kier alpha value is -0.840. The Morgan fingerprint density at radius 1 is 1.53 bits per heavy atom. The van der Waals surface area contributed by atoms with Crippen LogP contribution in [0.3, 0.4) is 0 Å². The molecule has 0 aromatic carbocycles. The summed E-state index contributed by atoms with van der Waals surface area (Å²) >= 11 is 5.23. The van der Waals surface area contributed by atoms with Gasteiger partial charge in [-0.3, -0.25) is 4.79 Å². The lowest BCUT2D eigenvalue weighted by molar-refractivity contribution is -0.132. The Kier molecular flexibility index (Phi) is 4.32. The molecule has 1 heterocycles. The second-order valence-electron chi connectivity index (χ2n) is 4.32. The number of piperazine rings is 1. The lowest BCUT2D eigenvalue weighted by Crippen LogP contribution is -2.53. The number of carbonyl (C=O) groups excluding carboxylic acids is 1. The van der Waals surface area contributed by atoms with E-state index in [1.54, 1.807) is 4.90 Å². The molecule has 5 heteroatoms. The van der Waals surface area contributed by atoms with Crippen molar-refractivity contribution in [2.45, 2.75) is 13.8 Å². The summed E-state index contributed by atoms with van der Waals surface area (Å²) in [6.45, 7) is 7.10. The van der Waals surface area contributed by atoms with Crippen molar-refractivity contribution in [1.29, 1.82) is 0 Å². The van der Waals surface area contributed by atoms with Gasteiger partial charge in [0.25, 0.3) is 0 Å². The van der Waals surface area contributed by atoms with E-state index in [4.69, 9.17) is 12.2 Å². The van der Waals surface area contributed by atoms with Crippen molar-refractivity contribution in [2.75, 3.05) is 33.2 Å². The van der Waals surface area contributed by atoms with E-state index in [1.165, 1.54) is 0 Å². The summed E-state index contributed by atoms with van der Waals surface area (Å²) in [4.78, 5) is 15.1. The third-order valence-corrected chi connectivity index (χ3v) is 2.81. The van der Waals surface area contributed by atoms with E-state index in [9.17, 15) is 4.79 Å². The van der Waals surface area contributed by atoms with E-state index < -0.39 is 0 Å². The van der Waals surface area contributed by atoms with Crippen molar-refractivity contribution in [1.82, 2.24) is 15.1 Å². The van der Waals surface area contributed by atoms with Crippen molar-refractivity contribution in [3.8, 4) is 0 Å². The van der Waals surface area contributed by atoms with Crippen molar-refractivity contribution < 1.29 is 4.79 Å².